The number of ketones is 1. The number of ether oxygens (including phenoxy) is 2. The van der Waals surface area contributed by atoms with Gasteiger partial charge in [0.1, 0.15) is 17.3 Å². The van der Waals surface area contributed by atoms with Gasteiger partial charge < -0.3 is 19.5 Å². The van der Waals surface area contributed by atoms with Crippen molar-refractivity contribution in [3.63, 3.8) is 0 Å². The highest BCUT2D eigenvalue weighted by Gasteiger charge is 2.46. The number of likely N-dealkylation sites (tertiary alicyclic amines) is 1. The maximum absolute atomic E-state index is 13.2. The van der Waals surface area contributed by atoms with E-state index in [4.69, 9.17) is 9.47 Å². The summed E-state index contributed by atoms with van der Waals surface area (Å²) in [4.78, 5) is 31.8. The Morgan fingerprint density at radius 3 is 2.21 bits per heavy atom. The second-order valence-corrected chi connectivity index (χ2v) is 7.74. The quantitative estimate of drug-likeness (QED) is 0.351. The lowest BCUT2D eigenvalue weighted by atomic mass is 9.93. The molecule has 7 heteroatoms. The summed E-state index contributed by atoms with van der Waals surface area (Å²) in [6.45, 7) is 2.01. The first kappa shape index (κ1) is 22.1. The van der Waals surface area contributed by atoms with Crippen molar-refractivity contribution >= 4 is 17.4 Å². The lowest BCUT2D eigenvalue weighted by Gasteiger charge is -2.25. The number of aliphatic hydroxyl groups is 1. The molecule has 0 spiro atoms. The van der Waals surface area contributed by atoms with Crippen LogP contribution in [0.4, 0.5) is 0 Å². The predicted molar refractivity (Wildman–Crippen MR) is 123 cm³/mol. The Hall–Kier alpha value is -4.13. The van der Waals surface area contributed by atoms with E-state index in [1.807, 2.05) is 6.92 Å². The van der Waals surface area contributed by atoms with E-state index in [1.165, 1.54) is 4.90 Å². The number of aromatic nitrogens is 1. The third-order valence-electron chi connectivity index (χ3n) is 5.76. The van der Waals surface area contributed by atoms with Crippen molar-refractivity contribution in [1.29, 1.82) is 0 Å². The zero-order chi connectivity index (χ0) is 23.5. The fourth-order valence-corrected chi connectivity index (χ4v) is 4.03. The van der Waals surface area contributed by atoms with Gasteiger partial charge >= 0.3 is 0 Å². The smallest absolute Gasteiger partial charge is 0.295 e. The number of aliphatic hydroxyl groups excluding tert-OH is 1. The van der Waals surface area contributed by atoms with E-state index in [0.717, 1.165) is 11.1 Å². The molecule has 0 aliphatic carbocycles. The Bertz CT molecular complexity index is 1220. The van der Waals surface area contributed by atoms with Gasteiger partial charge in [-0.2, -0.15) is 0 Å². The minimum absolute atomic E-state index is 0.0486. The monoisotopic (exact) mass is 444 g/mol. The van der Waals surface area contributed by atoms with Crippen LogP contribution in [0.2, 0.25) is 0 Å². The molecule has 1 aliphatic rings. The summed E-state index contributed by atoms with van der Waals surface area (Å²) in [6.07, 6.45) is 3.27. The van der Waals surface area contributed by atoms with Crippen LogP contribution in [-0.2, 0) is 16.1 Å². The minimum atomic E-state index is -0.759. The average Bonchev–Trinajstić information content (AvgIpc) is 3.09. The first-order chi connectivity index (χ1) is 15.9. The van der Waals surface area contributed by atoms with Gasteiger partial charge in [0.05, 0.1) is 25.8 Å². The van der Waals surface area contributed by atoms with E-state index in [1.54, 1.807) is 81.2 Å². The molecule has 0 saturated carbocycles. The molecule has 1 fully saturated rings. The molecule has 33 heavy (non-hydrogen) atoms. The molecule has 4 rings (SSSR count). The van der Waals surface area contributed by atoms with Gasteiger partial charge in [-0.15, -0.1) is 0 Å². The number of carbonyl (C=O) groups is 2. The fourth-order valence-electron chi connectivity index (χ4n) is 4.03. The molecule has 0 radical (unpaired) electrons. The van der Waals surface area contributed by atoms with Crippen LogP contribution in [0.25, 0.3) is 5.76 Å². The summed E-state index contributed by atoms with van der Waals surface area (Å²) >= 11 is 0. The van der Waals surface area contributed by atoms with E-state index in [2.05, 4.69) is 4.98 Å². The van der Waals surface area contributed by atoms with E-state index in [9.17, 15) is 14.7 Å². The number of methoxy groups -OCH3 is 2. The van der Waals surface area contributed by atoms with Crippen LogP contribution >= 0.6 is 0 Å². The number of rotatable bonds is 6. The summed E-state index contributed by atoms with van der Waals surface area (Å²) in [5.41, 5.74) is 2.76. The van der Waals surface area contributed by atoms with Crippen molar-refractivity contribution in [2.45, 2.75) is 19.5 Å². The van der Waals surface area contributed by atoms with Crippen LogP contribution < -0.4 is 9.47 Å². The lowest BCUT2D eigenvalue weighted by molar-refractivity contribution is -0.140. The molecule has 2 heterocycles. The van der Waals surface area contributed by atoms with Crippen molar-refractivity contribution in [2.75, 3.05) is 14.2 Å². The third-order valence-corrected chi connectivity index (χ3v) is 5.76. The second kappa shape index (κ2) is 9.16. The number of aryl methyl sites for hydroxylation is 1. The standard InChI is InChI=1S/C26H24N2O5/c1-16-14-20(33-3)8-9-21(16)24(29)22-23(18-4-6-19(32-2)7-5-18)28(26(31)25(22)30)15-17-10-12-27-13-11-17/h4-14,23,29H,15H2,1-3H3/b24-22-. The number of Topliss-reactive ketones (excluding diaryl/α,β-unsaturated/α-hetero) is 1. The number of amides is 1. The summed E-state index contributed by atoms with van der Waals surface area (Å²) in [7, 11) is 3.12. The highest BCUT2D eigenvalue weighted by molar-refractivity contribution is 6.46. The first-order valence-corrected chi connectivity index (χ1v) is 10.4. The zero-order valence-electron chi connectivity index (χ0n) is 18.6. The summed E-state index contributed by atoms with van der Waals surface area (Å²) in [5.74, 6) is -0.325. The van der Waals surface area contributed by atoms with Crippen molar-refractivity contribution in [1.82, 2.24) is 9.88 Å². The van der Waals surface area contributed by atoms with Gasteiger partial charge in [-0.3, -0.25) is 14.6 Å². The normalized spacial score (nSPS) is 17.3. The average molecular weight is 444 g/mol. The highest BCUT2D eigenvalue weighted by atomic mass is 16.5. The van der Waals surface area contributed by atoms with Crippen LogP contribution in [0, 0.1) is 6.92 Å². The Morgan fingerprint density at radius 2 is 1.61 bits per heavy atom. The van der Waals surface area contributed by atoms with E-state index in [-0.39, 0.29) is 17.9 Å². The second-order valence-electron chi connectivity index (χ2n) is 7.74. The number of nitrogens with zero attached hydrogens (tertiary/aromatic N) is 2. The number of hydrogen-bond donors (Lipinski definition) is 1. The molecular weight excluding hydrogens is 420 g/mol. The van der Waals surface area contributed by atoms with Gasteiger partial charge in [0.2, 0.25) is 0 Å². The molecule has 1 aromatic heterocycles. The molecule has 1 amide bonds. The molecule has 2 aromatic carbocycles. The topological polar surface area (TPSA) is 89.0 Å². The Labute approximate surface area is 191 Å². The molecule has 168 valence electrons. The largest absolute Gasteiger partial charge is 0.507 e. The molecule has 1 aliphatic heterocycles. The molecule has 1 N–H and O–H groups in total. The maximum atomic E-state index is 13.2. The van der Waals surface area contributed by atoms with Crippen LogP contribution in [0.1, 0.15) is 28.3 Å². The number of carbonyl (C=O) groups excluding carboxylic acids is 2. The maximum Gasteiger partial charge on any atom is 0.295 e. The van der Waals surface area contributed by atoms with Crippen molar-refractivity contribution in [3.05, 3.63) is 94.8 Å². The number of pyridine rings is 1. The van der Waals surface area contributed by atoms with Gasteiger partial charge in [0, 0.05) is 24.5 Å². The van der Waals surface area contributed by atoms with Crippen LogP contribution in [0.5, 0.6) is 11.5 Å². The van der Waals surface area contributed by atoms with Crippen molar-refractivity contribution in [2.24, 2.45) is 0 Å². The van der Waals surface area contributed by atoms with Gasteiger partial charge in [-0.05, 0) is 66.1 Å². The van der Waals surface area contributed by atoms with E-state index in [0.29, 0.717) is 22.6 Å². The van der Waals surface area contributed by atoms with Crippen LogP contribution in [0.3, 0.4) is 0 Å². The summed E-state index contributed by atoms with van der Waals surface area (Å²) in [5, 5.41) is 11.3. The molecule has 3 aromatic rings. The van der Waals surface area contributed by atoms with Crippen molar-refractivity contribution in [3.8, 4) is 11.5 Å². The fraction of sp³-hybridized carbons (Fsp3) is 0.192. The Balaban J connectivity index is 1.87. The first-order valence-electron chi connectivity index (χ1n) is 10.4. The minimum Gasteiger partial charge on any atom is -0.507 e. The Kier molecular flexibility index (Phi) is 6.13. The summed E-state index contributed by atoms with van der Waals surface area (Å²) < 4.78 is 10.5. The van der Waals surface area contributed by atoms with Gasteiger partial charge in [-0.1, -0.05) is 12.1 Å². The molecule has 0 bridgehead atoms. The molecule has 1 saturated heterocycles. The summed E-state index contributed by atoms with van der Waals surface area (Å²) in [6, 6.07) is 15.1. The van der Waals surface area contributed by atoms with Gasteiger partial charge in [0.25, 0.3) is 11.7 Å². The van der Waals surface area contributed by atoms with E-state index < -0.39 is 17.7 Å². The lowest BCUT2D eigenvalue weighted by Crippen LogP contribution is -2.29. The molecular formula is C26H24N2O5. The molecule has 1 unspecified atom stereocenters. The van der Waals surface area contributed by atoms with Gasteiger partial charge in [-0.25, -0.2) is 0 Å². The Morgan fingerprint density at radius 1 is 0.970 bits per heavy atom. The third kappa shape index (κ3) is 4.17. The molecule has 7 nitrogen and oxygen atoms in total. The van der Waals surface area contributed by atoms with E-state index >= 15 is 0 Å². The van der Waals surface area contributed by atoms with Crippen molar-refractivity contribution < 1.29 is 24.2 Å². The molecule has 1 atom stereocenters. The number of hydrogen-bond acceptors (Lipinski definition) is 6. The van der Waals surface area contributed by atoms with Crippen LogP contribution in [0.15, 0.2) is 72.6 Å². The predicted octanol–water partition coefficient (Wildman–Crippen LogP) is 4.03. The van der Waals surface area contributed by atoms with Gasteiger partial charge in [0.15, 0.2) is 0 Å². The number of benzene rings is 2. The zero-order valence-corrected chi connectivity index (χ0v) is 18.6. The highest BCUT2D eigenvalue weighted by Crippen LogP contribution is 2.41. The SMILES string of the molecule is COc1ccc(C2/C(=C(/O)c3ccc(OC)cc3C)C(=O)C(=O)N2Cc2ccncc2)cc1. The van der Waals surface area contributed by atoms with Crippen LogP contribution in [-0.4, -0.2) is 40.9 Å².